The van der Waals surface area contributed by atoms with E-state index >= 15 is 0 Å². The number of likely N-dealkylation sites (tertiary alicyclic amines) is 1. The third kappa shape index (κ3) is 2.89. The van der Waals surface area contributed by atoms with Gasteiger partial charge in [0, 0.05) is 32.2 Å². The van der Waals surface area contributed by atoms with Gasteiger partial charge in [-0.05, 0) is 30.5 Å². The van der Waals surface area contributed by atoms with Crippen molar-refractivity contribution in [1.82, 2.24) is 19.4 Å². The maximum absolute atomic E-state index is 12.5. The molecule has 0 radical (unpaired) electrons. The van der Waals surface area contributed by atoms with E-state index in [0.717, 1.165) is 30.8 Å². The van der Waals surface area contributed by atoms with Crippen LogP contribution in [0.5, 0.6) is 0 Å². The van der Waals surface area contributed by atoms with Gasteiger partial charge >= 0.3 is 0 Å². The molecule has 2 aromatic heterocycles. The van der Waals surface area contributed by atoms with Crippen LogP contribution in [0.3, 0.4) is 0 Å². The summed E-state index contributed by atoms with van der Waals surface area (Å²) in [5, 5.41) is 3.04. The molecule has 0 unspecified atom stereocenters. The van der Waals surface area contributed by atoms with Crippen LogP contribution in [0.1, 0.15) is 24.4 Å². The topological polar surface area (TPSA) is 63.1 Å². The molecule has 110 valence electrons. The highest BCUT2D eigenvalue weighted by atomic mass is 16.2. The fourth-order valence-electron chi connectivity index (χ4n) is 2.83. The van der Waals surface area contributed by atoms with E-state index in [4.69, 9.17) is 0 Å². The van der Waals surface area contributed by atoms with Crippen molar-refractivity contribution >= 4 is 11.7 Å². The number of amides is 1. The van der Waals surface area contributed by atoms with Crippen LogP contribution in [0.25, 0.3) is 0 Å². The Morgan fingerprint density at radius 2 is 2.38 bits per heavy atom. The Morgan fingerprint density at radius 3 is 3.14 bits per heavy atom. The minimum atomic E-state index is 0.137. The molecule has 1 saturated heterocycles. The summed E-state index contributed by atoms with van der Waals surface area (Å²) in [7, 11) is 1.85. The number of imidazole rings is 1. The van der Waals surface area contributed by atoms with Gasteiger partial charge in [0.1, 0.15) is 12.4 Å². The number of nitrogens with one attached hydrogen (secondary N) is 1. The van der Waals surface area contributed by atoms with E-state index in [1.807, 2.05) is 34.8 Å². The molecular formula is C15H19N5O. The molecule has 3 heterocycles. The quantitative estimate of drug-likeness (QED) is 0.928. The molecule has 3 rings (SSSR count). The Kier molecular flexibility index (Phi) is 3.85. The monoisotopic (exact) mass is 285 g/mol. The molecule has 0 saturated carbocycles. The summed E-state index contributed by atoms with van der Waals surface area (Å²) in [6.45, 7) is 1.16. The maximum Gasteiger partial charge on any atom is 0.243 e. The van der Waals surface area contributed by atoms with Gasteiger partial charge in [-0.15, -0.1) is 0 Å². The minimum absolute atomic E-state index is 0.137. The van der Waals surface area contributed by atoms with E-state index < -0.39 is 0 Å². The van der Waals surface area contributed by atoms with E-state index in [2.05, 4.69) is 15.3 Å². The molecule has 2 aromatic rings. The highest BCUT2D eigenvalue weighted by Gasteiger charge is 2.30. The van der Waals surface area contributed by atoms with Gasteiger partial charge in [-0.25, -0.2) is 9.97 Å². The number of carbonyl (C=O) groups is 1. The molecule has 6 heteroatoms. The summed E-state index contributed by atoms with van der Waals surface area (Å²) in [6.07, 6.45) is 9.01. The van der Waals surface area contributed by atoms with Crippen molar-refractivity contribution < 1.29 is 4.79 Å². The number of hydrogen-bond acceptors (Lipinski definition) is 4. The first-order valence-electron chi connectivity index (χ1n) is 7.17. The van der Waals surface area contributed by atoms with E-state index in [-0.39, 0.29) is 11.9 Å². The van der Waals surface area contributed by atoms with Crippen molar-refractivity contribution in [3.8, 4) is 0 Å². The summed E-state index contributed by atoms with van der Waals surface area (Å²) < 4.78 is 1.81. The van der Waals surface area contributed by atoms with E-state index in [0.29, 0.717) is 6.54 Å². The standard InChI is InChI=1S/C15H19N5O/c1-16-14-9-12(4-5-18-14)13-3-2-7-20(13)15(21)10-19-8-6-17-11-19/h4-6,8-9,11,13H,2-3,7,10H2,1H3,(H,16,18)/t13-/m1/s1. The third-order valence-corrected chi connectivity index (χ3v) is 3.88. The predicted octanol–water partition coefficient (Wildman–Crippen LogP) is 1.68. The van der Waals surface area contributed by atoms with Crippen molar-refractivity contribution in [3.63, 3.8) is 0 Å². The lowest BCUT2D eigenvalue weighted by molar-refractivity contribution is -0.132. The van der Waals surface area contributed by atoms with Crippen molar-refractivity contribution in [2.45, 2.75) is 25.4 Å². The van der Waals surface area contributed by atoms with E-state index in [9.17, 15) is 4.79 Å². The molecule has 6 nitrogen and oxygen atoms in total. The van der Waals surface area contributed by atoms with E-state index in [1.165, 1.54) is 0 Å². The Morgan fingerprint density at radius 1 is 1.48 bits per heavy atom. The number of carbonyl (C=O) groups excluding carboxylic acids is 1. The van der Waals surface area contributed by atoms with Crippen LogP contribution < -0.4 is 5.32 Å². The van der Waals surface area contributed by atoms with Crippen molar-refractivity contribution in [2.24, 2.45) is 0 Å². The first-order valence-corrected chi connectivity index (χ1v) is 7.17. The first-order chi connectivity index (χ1) is 10.3. The highest BCUT2D eigenvalue weighted by Crippen LogP contribution is 2.32. The van der Waals surface area contributed by atoms with Crippen LogP contribution in [0, 0.1) is 0 Å². The van der Waals surface area contributed by atoms with Gasteiger partial charge in [0.15, 0.2) is 0 Å². The second kappa shape index (κ2) is 5.95. The summed E-state index contributed by atoms with van der Waals surface area (Å²) in [4.78, 5) is 22.7. The fraction of sp³-hybridized carbons (Fsp3) is 0.400. The second-order valence-electron chi connectivity index (χ2n) is 5.20. The fourth-order valence-corrected chi connectivity index (χ4v) is 2.83. The molecule has 0 aliphatic carbocycles. The van der Waals surface area contributed by atoms with Crippen LogP contribution in [0.4, 0.5) is 5.82 Å². The molecule has 1 atom stereocenters. The molecule has 21 heavy (non-hydrogen) atoms. The van der Waals surface area contributed by atoms with Gasteiger partial charge in [0.25, 0.3) is 0 Å². The van der Waals surface area contributed by atoms with Crippen molar-refractivity contribution in [1.29, 1.82) is 0 Å². The molecule has 1 N–H and O–H groups in total. The summed E-state index contributed by atoms with van der Waals surface area (Å²) in [5.74, 6) is 0.972. The zero-order valence-electron chi connectivity index (χ0n) is 12.1. The highest BCUT2D eigenvalue weighted by molar-refractivity contribution is 5.77. The van der Waals surface area contributed by atoms with Gasteiger partial charge < -0.3 is 14.8 Å². The van der Waals surface area contributed by atoms with Gasteiger partial charge in [-0.3, -0.25) is 4.79 Å². The van der Waals surface area contributed by atoms with Crippen molar-refractivity contribution in [3.05, 3.63) is 42.6 Å². The van der Waals surface area contributed by atoms with Gasteiger partial charge in [-0.2, -0.15) is 0 Å². The zero-order valence-corrected chi connectivity index (χ0v) is 12.1. The van der Waals surface area contributed by atoms with Crippen LogP contribution in [-0.4, -0.2) is 38.9 Å². The number of anilines is 1. The van der Waals surface area contributed by atoms with Crippen LogP contribution in [0.15, 0.2) is 37.1 Å². The lowest BCUT2D eigenvalue weighted by atomic mass is 10.1. The predicted molar refractivity (Wildman–Crippen MR) is 79.7 cm³/mol. The maximum atomic E-state index is 12.5. The lowest BCUT2D eigenvalue weighted by Crippen LogP contribution is -2.33. The molecular weight excluding hydrogens is 266 g/mol. The number of hydrogen-bond donors (Lipinski definition) is 1. The van der Waals surface area contributed by atoms with E-state index in [1.54, 1.807) is 18.7 Å². The van der Waals surface area contributed by atoms with Crippen LogP contribution in [-0.2, 0) is 11.3 Å². The van der Waals surface area contributed by atoms with Gasteiger partial charge in [0.2, 0.25) is 5.91 Å². The lowest BCUT2D eigenvalue weighted by Gasteiger charge is -2.25. The normalized spacial score (nSPS) is 18.0. The Hall–Kier alpha value is -2.37. The van der Waals surface area contributed by atoms with Crippen molar-refractivity contribution in [2.75, 3.05) is 18.9 Å². The SMILES string of the molecule is CNc1cc([C@H]2CCCN2C(=O)Cn2ccnc2)ccn1. The molecule has 1 fully saturated rings. The van der Waals surface area contributed by atoms with Crippen LogP contribution >= 0.6 is 0 Å². The Bertz CT molecular complexity index is 610. The largest absolute Gasteiger partial charge is 0.373 e. The number of aromatic nitrogens is 3. The third-order valence-electron chi connectivity index (χ3n) is 3.88. The second-order valence-corrected chi connectivity index (χ2v) is 5.20. The minimum Gasteiger partial charge on any atom is -0.373 e. The summed E-state index contributed by atoms with van der Waals surface area (Å²) in [5.41, 5.74) is 1.14. The van der Waals surface area contributed by atoms with Gasteiger partial charge in [0.05, 0.1) is 12.4 Å². The number of rotatable bonds is 4. The number of nitrogens with zero attached hydrogens (tertiary/aromatic N) is 4. The molecule has 1 aliphatic rings. The summed E-state index contributed by atoms with van der Waals surface area (Å²) >= 11 is 0. The average Bonchev–Trinajstić information content (AvgIpc) is 3.18. The van der Waals surface area contributed by atoms with Crippen LogP contribution in [0.2, 0.25) is 0 Å². The Balaban J connectivity index is 1.76. The number of pyridine rings is 1. The molecule has 0 aromatic carbocycles. The average molecular weight is 285 g/mol. The molecule has 1 aliphatic heterocycles. The molecule has 0 spiro atoms. The zero-order chi connectivity index (χ0) is 14.7. The first kappa shape index (κ1) is 13.6. The van der Waals surface area contributed by atoms with Gasteiger partial charge in [-0.1, -0.05) is 0 Å². The Labute approximate surface area is 123 Å². The summed E-state index contributed by atoms with van der Waals surface area (Å²) in [6, 6.07) is 4.16. The molecule has 1 amide bonds. The molecule has 0 bridgehead atoms. The smallest absolute Gasteiger partial charge is 0.243 e.